The number of pyridine rings is 1. The lowest BCUT2D eigenvalue weighted by molar-refractivity contribution is 0.0696. The maximum absolute atomic E-state index is 13.3. The third kappa shape index (κ3) is 5.58. The number of carboxylic acid groups (broad SMARTS) is 1. The van der Waals surface area contributed by atoms with Gasteiger partial charge in [0.2, 0.25) is 0 Å². The molecular weight excluding hydrogens is 478 g/mol. The van der Waals surface area contributed by atoms with E-state index in [0.29, 0.717) is 27.6 Å². The Labute approximate surface area is 207 Å². The maximum Gasteiger partial charge on any atom is 0.337 e. The third-order valence-electron chi connectivity index (χ3n) is 4.92. The van der Waals surface area contributed by atoms with E-state index in [-0.39, 0.29) is 17.2 Å². The largest absolute Gasteiger partial charge is 0.488 e. The van der Waals surface area contributed by atoms with Crippen LogP contribution in [-0.2, 0) is 6.61 Å². The number of nitrogens with zero attached hydrogens (tertiary/aromatic N) is 2. The second-order valence-corrected chi connectivity index (χ2v) is 7.94. The fraction of sp³-hybridized carbons (Fsp3) is 0.154. The van der Waals surface area contributed by atoms with Gasteiger partial charge in [-0.25, -0.2) is 9.18 Å². The molecule has 1 N–H and O–H groups in total. The van der Waals surface area contributed by atoms with E-state index in [1.54, 1.807) is 36.5 Å². The van der Waals surface area contributed by atoms with E-state index in [1.807, 2.05) is 37.5 Å². The predicted octanol–water partition coefficient (Wildman–Crippen LogP) is 7.60. The van der Waals surface area contributed by atoms with Crippen LogP contribution in [0.3, 0.4) is 0 Å². The molecule has 2 aromatic carbocycles. The Hall–Kier alpha value is -3.35. The van der Waals surface area contributed by atoms with Gasteiger partial charge in [-0.3, -0.25) is 4.98 Å². The molecule has 0 amide bonds. The number of rotatable bonds is 6. The molecule has 0 aliphatic rings. The Morgan fingerprint density at radius 1 is 1.06 bits per heavy atom. The minimum Gasteiger partial charge on any atom is -0.488 e. The lowest BCUT2D eigenvalue weighted by Crippen LogP contribution is -2.05. The molecular formula is C26H23Cl2FN2O3. The van der Waals surface area contributed by atoms with Crippen molar-refractivity contribution in [3.8, 4) is 22.7 Å². The van der Waals surface area contributed by atoms with E-state index < -0.39 is 11.8 Å². The highest BCUT2D eigenvalue weighted by Crippen LogP contribution is 2.36. The number of benzene rings is 2. The van der Waals surface area contributed by atoms with Crippen molar-refractivity contribution in [2.45, 2.75) is 27.4 Å². The van der Waals surface area contributed by atoms with Crippen molar-refractivity contribution >= 4 is 29.2 Å². The van der Waals surface area contributed by atoms with Gasteiger partial charge >= 0.3 is 5.97 Å². The van der Waals surface area contributed by atoms with E-state index >= 15 is 0 Å². The van der Waals surface area contributed by atoms with Crippen LogP contribution in [0.4, 0.5) is 4.39 Å². The van der Waals surface area contributed by atoms with Gasteiger partial charge in [0, 0.05) is 28.0 Å². The summed E-state index contributed by atoms with van der Waals surface area (Å²) >= 11 is 12.4. The SMILES string of the molecule is CC.Cc1ccc(-c2cc(Cl)ccc2OCc2ccc(F)cc2Cl)n1-c1cncc(C(=O)O)c1. The third-order valence-corrected chi connectivity index (χ3v) is 5.51. The second-order valence-electron chi connectivity index (χ2n) is 7.10. The highest BCUT2D eigenvalue weighted by atomic mass is 35.5. The number of hydrogen-bond acceptors (Lipinski definition) is 3. The van der Waals surface area contributed by atoms with E-state index in [1.165, 1.54) is 18.3 Å². The van der Waals surface area contributed by atoms with Crippen LogP contribution in [0.2, 0.25) is 10.0 Å². The molecule has 0 spiro atoms. The second kappa shape index (κ2) is 11.2. The standard InChI is InChI=1S/C24H17Cl2FN2O3.C2H6/c1-14-2-6-22(29(14)19-8-16(24(30)31)11-28-12-19)20-9-17(25)4-7-23(20)32-13-15-3-5-18(27)10-21(15)26;1-2/h2-12H,13H2,1H3,(H,30,31);1-2H3. The molecule has 4 rings (SSSR count). The van der Waals surface area contributed by atoms with Gasteiger partial charge in [0.05, 0.1) is 28.2 Å². The van der Waals surface area contributed by atoms with Gasteiger partial charge in [-0.2, -0.15) is 0 Å². The van der Waals surface area contributed by atoms with Gasteiger partial charge in [-0.1, -0.05) is 43.1 Å². The van der Waals surface area contributed by atoms with Crippen molar-refractivity contribution in [1.29, 1.82) is 0 Å². The summed E-state index contributed by atoms with van der Waals surface area (Å²) in [5, 5.41) is 10.1. The summed E-state index contributed by atoms with van der Waals surface area (Å²) in [6.07, 6.45) is 2.89. The summed E-state index contributed by atoms with van der Waals surface area (Å²) in [6.45, 7) is 6.03. The first-order valence-corrected chi connectivity index (χ1v) is 11.3. The van der Waals surface area contributed by atoms with Crippen molar-refractivity contribution < 1.29 is 19.0 Å². The van der Waals surface area contributed by atoms with Crippen molar-refractivity contribution in [2.75, 3.05) is 0 Å². The van der Waals surface area contributed by atoms with E-state index in [0.717, 1.165) is 11.4 Å². The van der Waals surface area contributed by atoms with Gasteiger partial charge in [0.15, 0.2) is 0 Å². The molecule has 2 heterocycles. The number of halogens is 3. The van der Waals surface area contributed by atoms with Crippen LogP contribution in [-0.4, -0.2) is 20.6 Å². The van der Waals surface area contributed by atoms with Gasteiger partial charge in [-0.05, 0) is 55.5 Å². The zero-order valence-corrected chi connectivity index (χ0v) is 20.4. The average molecular weight is 501 g/mol. The fourth-order valence-corrected chi connectivity index (χ4v) is 3.77. The van der Waals surface area contributed by atoms with Crippen LogP contribution in [0, 0.1) is 12.7 Å². The molecule has 5 nitrogen and oxygen atoms in total. The molecule has 0 fully saturated rings. The molecule has 0 aliphatic heterocycles. The van der Waals surface area contributed by atoms with Crippen LogP contribution in [0.25, 0.3) is 16.9 Å². The fourth-order valence-electron chi connectivity index (χ4n) is 3.38. The molecule has 34 heavy (non-hydrogen) atoms. The minimum atomic E-state index is -1.06. The quantitative estimate of drug-likeness (QED) is 0.296. The summed E-state index contributed by atoms with van der Waals surface area (Å²) < 4.78 is 21.2. The Bertz CT molecular complexity index is 1320. The van der Waals surface area contributed by atoms with Crippen molar-refractivity contribution in [1.82, 2.24) is 9.55 Å². The molecule has 8 heteroatoms. The lowest BCUT2D eigenvalue weighted by Gasteiger charge is -2.16. The minimum absolute atomic E-state index is 0.0788. The number of aryl methyl sites for hydroxylation is 1. The predicted molar refractivity (Wildman–Crippen MR) is 133 cm³/mol. The molecule has 0 unspecified atom stereocenters. The lowest BCUT2D eigenvalue weighted by atomic mass is 10.1. The van der Waals surface area contributed by atoms with Gasteiger partial charge < -0.3 is 14.4 Å². The van der Waals surface area contributed by atoms with E-state index in [9.17, 15) is 14.3 Å². The monoisotopic (exact) mass is 500 g/mol. The highest BCUT2D eigenvalue weighted by molar-refractivity contribution is 6.31. The first-order valence-electron chi connectivity index (χ1n) is 10.6. The summed E-state index contributed by atoms with van der Waals surface area (Å²) in [6, 6.07) is 14.7. The number of carboxylic acids is 1. The molecule has 0 saturated carbocycles. The molecule has 4 aromatic rings. The van der Waals surface area contributed by atoms with Crippen LogP contribution in [0.1, 0.15) is 35.5 Å². The van der Waals surface area contributed by atoms with Crippen molar-refractivity contribution in [3.63, 3.8) is 0 Å². The van der Waals surface area contributed by atoms with Gasteiger partial charge in [-0.15, -0.1) is 0 Å². The molecule has 0 radical (unpaired) electrons. The summed E-state index contributed by atoms with van der Waals surface area (Å²) in [5.74, 6) is -0.943. The Morgan fingerprint density at radius 3 is 2.53 bits per heavy atom. The van der Waals surface area contributed by atoms with Crippen molar-refractivity contribution in [3.05, 3.63) is 99.7 Å². The number of aromatic carboxylic acids is 1. The zero-order valence-electron chi connectivity index (χ0n) is 18.8. The number of aromatic nitrogens is 2. The Balaban J connectivity index is 0.00000158. The molecule has 2 aromatic heterocycles. The van der Waals surface area contributed by atoms with Crippen LogP contribution < -0.4 is 4.74 Å². The summed E-state index contributed by atoms with van der Waals surface area (Å²) in [4.78, 5) is 15.5. The molecule has 0 bridgehead atoms. The molecule has 0 atom stereocenters. The topological polar surface area (TPSA) is 64.4 Å². The smallest absolute Gasteiger partial charge is 0.337 e. The van der Waals surface area contributed by atoms with E-state index in [2.05, 4.69) is 4.98 Å². The van der Waals surface area contributed by atoms with E-state index in [4.69, 9.17) is 27.9 Å². The average Bonchev–Trinajstić information content (AvgIpc) is 3.21. The molecule has 0 saturated heterocycles. The summed E-state index contributed by atoms with van der Waals surface area (Å²) in [5.41, 5.74) is 3.62. The van der Waals surface area contributed by atoms with Crippen LogP contribution >= 0.6 is 23.2 Å². The van der Waals surface area contributed by atoms with Crippen LogP contribution in [0.5, 0.6) is 5.75 Å². The maximum atomic E-state index is 13.3. The Kier molecular flexibility index (Phi) is 8.31. The molecule has 0 aliphatic carbocycles. The first kappa shape index (κ1) is 25.3. The normalized spacial score (nSPS) is 10.4. The van der Waals surface area contributed by atoms with Gasteiger partial charge in [0.25, 0.3) is 0 Å². The molecule has 176 valence electrons. The van der Waals surface area contributed by atoms with Crippen molar-refractivity contribution in [2.24, 2.45) is 0 Å². The van der Waals surface area contributed by atoms with Gasteiger partial charge in [0.1, 0.15) is 18.2 Å². The summed E-state index contributed by atoms with van der Waals surface area (Å²) in [7, 11) is 0. The Morgan fingerprint density at radius 2 is 1.82 bits per heavy atom. The van der Waals surface area contributed by atoms with Crippen LogP contribution in [0.15, 0.2) is 67.0 Å². The highest BCUT2D eigenvalue weighted by Gasteiger charge is 2.17. The number of ether oxygens (including phenoxy) is 1. The number of hydrogen-bond donors (Lipinski definition) is 1. The number of carbonyl (C=O) groups is 1. The zero-order chi connectivity index (χ0) is 24.8. The first-order chi connectivity index (χ1) is 16.3.